The van der Waals surface area contributed by atoms with Gasteiger partial charge in [-0.05, 0) is 18.2 Å². The average Bonchev–Trinajstić information content (AvgIpc) is 2.80. The van der Waals surface area contributed by atoms with E-state index in [4.69, 9.17) is 13.9 Å². The van der Waals surface area contributed by atoms with Gasteiger partial charge in [-0.15, -0.1) is 0 Å². The Morgan fingerprint density at radius 2 is 1.56 bits per heavy atom. The number of aliphatic hydroxyl groups is 4. The first-order valence-corrected chi connectivity index (χ1v) is 9.79. The monoisotopic (exact) mass is 480 g/mol. The molecule has 0 aliphatic carbocycles. The number of phenolic OH excluding ortho intramolecular Hbond substituents is 4. The Hall–Kier alpha value is -3.75. The van der Waals surface area contributed by atoms with Gasteiger partial charge in [-0.3, -0.25) is 4.79 Å². The van der Waals surface area contributed by atoms with E-state index in [0.717, 1.165) is 18.2 Å². The maximum Gasteiger partial charge on any atom is 0.238 e. The molecular weight excluding hydrogens is 460 g/mol. The van der Waals surface area contributed by atoms with Gasteiger partial charge < -0.3 is 59.8 Å². The number of benzene rings is 2. The van der Waals surface area contributed by atoms with Crippen molar-refractivity contribution in [1.82, 2.24) is 0 Å². The molecule has 13 nitrogen and oxygen atoms in total. The van der Waals surface area contributed by atoms with Gasteiger partial charge in [0, 0.05) is 11.6 Å². The summed E-state index contributed by atoms with van der Waals surface area (Å²) in [6.07, 6.45) is -8.49. The van der Waals surface area contributed by atoms with Crippen molar-refractivity contribution >= 4 is 11.0 Å². The summed E-state index contributed by atoms with van der Waals surface area (Å²) in [6.45, 7) is -0.756. The number of aromatic hydroxyl groups is 5. The standard InChI is InChI=1S/C21H20O13/c22-5-11-13(26)16(29)18(31)21(33-11)34-20-9(25)4-10-12(15(20)28)14(27)17(30)19(32-10)6-1-2-7(23)8(24)3-6/h1-4,11,13,16,18,21-26,28-31H,5H2/t11?,13-,16+,18?,21+/m1/s1. The Labute approximate surface area is 189 Å². The lowest BCUT2D eigenvalue weighted by atomic mass is 9.99. The molecule has 1 aliphatic heterocycles. The third-order valence-corrected chi connectivity index (χ3v) is 5.39. The van der Waals surface area contributed by atoms with Crippen molar-refractivity contribution in [3.8, 4) is 45.8 Å². The number of hydrogen-bond donors (Lipinski definition) is 9. The van der Waals surface area contributed by atoms with E-state index in [0.29, 0.717) is 0 Å². The lowest BCUT2D eigenvalue weighted by Crippen LogP contribution is -2.60. The second-order valence-electron chi connectivity index (χ2n) is 7.57. The van der Waals surface area contributed by atoms with Crippen LogP contribution in [-0.4, -0.2) is 83.3 Å². The number of aliphatic hydroxyl groups excluding tert-OH is 4. The highest BCUT2D eigenvalue weighted by molar-refractivity contribution is 5.91. The van der Waals surface area contributed by atoms with Crippen LogP contribution in [0.5, 0.6) is 34.5 Å². The van der Waals surface area contributed by atoms with E-state index in [1.165, 1.54) is 6.07 Å². The fraction of sp³-hybridized carbons (Fsp3) is 0.286. The molecule has 182 valence electrons. The van der Waals surface area contributed by atoms with Gasteiger partial charge in [0.2, 0.25) is 23.2 Å². The summed E-state index contributed by atoms with van der Waals surface area (Å²) in [4.78, 5) is 12.8. The zero-order chi connectivity index (χ0) is 24.9. The predicted molar refractivity (Wildman–Crippen MR) is 111 cm³/mol. The van der Waals surface area contributed by atoms with E-state index in [-0.39, 0.29) is 5.56 Å². The largest absolute Gasteiger partial charge is 0.504 e. The van der Waals surface area contributed by atoms with Gasteiger partial charge in [-0.2, -0.15) is 0 Å². The number of rotatable bonds is 4. The molecule has 9 N–H and O–H groups in total. The first-order chi connectivity index (χ1) is 16.0. The first-order valence-electron chi connectivity index (χ1n) is 9.79. The summed E-state index contributed by atoms with van der Waals surface area (Å²) in [5.74, 6) is -5.01. The van der Waals surface area contributed by atoms with Gasteiger partial charge in [0.1, 0.15) is 35.4 Å². The smallest absolute Gasteiger partial charge is 0.238 e. The Morgan fingerprint density at radius 1 is 0.853 bits per heavy atom. The van der Waals surface area contributed by atoms with Gasteiger partial charge in [-0.25, -0.2) is 0 Å². The van der Waals surface area contributed by atoms with Crippen molar-refractivity contribution in [3.05, 3.63) is 34.5 Å². The lowest BCUT2D eigenvalue weighted by Gasteiger charge is -2.39. The molecule has 0 bridgehead atoms. The van der Waals surface area contributed by atoms with Crippen LogP contribution >= 0.6 is 0 Å². The topological polar surface area (TPSA) is 231 Å². The second kappa shape index (κ2) is 8.55. The zero-order valence-electron chi connectivity index (χ0n) is 17.1. The van der Waals surface area contributed by atoms with E-state index in [1.54, 1.807) is 0 Å². The Kier molecular flexibility index (Phi) is 5.89. The molecule has 0 saturated carbocycles. The molecule has 2 heterocycles. The summed E-state index contributed by atoms with van der Waals surface area (Å²) in [5.41, 5.74) is -1.56. The van der Waals surface area contributed by atoms with Crippen molar-refractivity contribution in [2.45, 2.75) is 30.7 Å². The maximum atomic E-state index is 12.8. The van der Waals surface area contributed by atoms with Gasteiger partial charge >= 0.3 is 0 Å². The van der Waals surface area contributed by atoms with Gasteiger partial charge in [0.25, 0.3) is 0 Å². The van der Waals surface area contributed by atoms with Gasteiger partial charge in [0.15, 0.2) is 28.8 Å². The van der Waals surface area contributed by atoms with E-state index >= 15 is 0 Å². The van der Waals surface area contributed by atoms with E-state index in [1.807, 2.05) is 0 Å². The minimum Gasteiger partial charge on any atom is -0.504 e. The van der Waals surface area contributed by atoms with Crippen LogP contribution in [0.25, 0.3) is 22.3 Å². The molecule has 3 aromatic rings. The van der Waals surface area contributed by atoms with Crippen molar-refractivity contribution < 1.29 is 59.8 Å². The summed E-state index contributed by atoms with van der Waals surface area (Å²) >= 11 is 0. The molecule has 34 heavy (non-hydrogen) atoms. The Bertz CT molecular complexity index is 1300. The molecule has 1 fully saturated rings. The van der Waals surface area contributed by atoms with E-state index in [9.17, 15) is 50.8 Å². The van der Waals surface area contributed by atoms with Crippen molar-refractivity contribution in [1.29, 1.82) is 0 Å². The average molecular weight is 480 g/mol. The minimum atomic E-state index is -1.87. The fourth-order valence-electron chi connectivity index (χ4n) is 3.55. The summed E-state index contributed by atoms with van der Waals surface area (Å²) < 4.78 is 15.9. The SMILES string of the molecule is O=c1c(O)c(-c2ccc(O)c(O)c2)oc2cc(O)c(O[C@@H]3OC(CO)[C@@H](O)[C@H](O)C3O)c(O)c12. The molecule has 4 rings (SSSR count). The maximum absolute atomic E-state index is 12.8. The summed E-state index contributed by atoms with van der Waals surface area (Å²) in [5, 5.41) is 89.0. The van der Waals surface area contributed by atoms with Crippen molar-refractivity contribution in [2.75, 3.05) is 6.61 Å². The normalized spacial score (nSPS) is 24.9. The van der Waals surface area contributed by atoms with Crippen LogP contribution in [0.3, 0.4) is 0 Å². The molecule has 2 unspecified atom stereocenters. The zero-order valence-corrected chi connectivity index (χ0v) is 17.1. The molecule has 0 amide bonds. The third kappa shape index (κ3) is 3.70. The summed E-state index contributed by atoms with van der Waals surface area (Å²) in [7, 11) is 0. The number of fused-ring (bicyclic) bond motifs is 1. The molecule has 5 atom stereocenters. The minimum absolute atomic E-state index is 0.00701. The lowest BCUT2D eigenvalue weighted by molar-refractivity contribution is -0.277. The highest BCUT2D eigenvalue weighted by Gasteiger charge is 2.45. The Morgan fingerprint density at radius 3 is 2.21 bits per heavy atom. The molecule has 0 radical (unpaired) electrons. The fourth-order valence-corrected chi connectivity index (χ4v) is 3.55. The van der Waals surface area contributed by atoms with Crippen LogP contribution in [-0.2, 0) is 4.74 Å². The highest BCUT2D eigenvalue weighted by Crippen LogP contribution is 2.45. The quantitative estimate of drug-likeness (QED) is 0.208. The van der Waals surface area contributed by atoms with Crippen LogP contribution < -0.4 is 10.2 Å². The van der Waals surface area contributed by atoms with Crippen molar-refractivity contribution in [2.24, 2.45) is 0 Å². The highest BCUT2D eigenvalue weighted by atomic mass is 16.7. The molecule has 1 aromatic heterocycles. The van der Waals surface area contributed by atoms with Gasteiger partial charge in [-0.1, -0.05) is 0 Å². The van der Waals surface area contributed by atoms with Crippen LogP contribution in [0, 0.1) is 0 Å². The molecule has 0 spiro atoms. The summed E-state index contributed by atoms with van der Waals surface area (Å²) in [6, 6.07) is 4.18. The predicted octanol–water partition coefficient (Wildman–Crippen LogP) is -0.833. The van der Waals surface area contributed by atoms with Gasteiger partial charge in [0.05, 0.1) is 6.61 Å². The molecular formula is C21H20O13. The number of ether oxygens (including phenoxy) is 2. The molecule has 13 heteroatoms. The van der Waals surface area contributed by atoms with Crippen LogP contribution in [0.1, 0.15) is 0 Å². The Balaban J connectivity index is 1.80. The number of hydrogen-bond acceptors (Lipinski definition) is 13. The second-order valence-corrected chi connectivity index (χ2v) is 7.57. The van der Waals surface area contributed by atoms with Crippen molar-refractivity contribution in [3.63, 3.8) is 0 Å². The molecule has 1 aliphatic rings. The molecule has 2 aromatic carbocycles. The van der Waals surface area contributed by atoms with Crippen LogP contribution in [0.15, 0.2) is 33.5 Å². The van der Waals surface area contributed by atoms with E-state index < -0.39 is 94.0 Å². The van der Waals surface area contributed by atoms with Crippen LogP contribution in [0.4, 0.5) is 0 Å². The number of phenols is 4. The van der Waals surface area contributed by atoms with Crippen LogP contribution in [0.2, 0.25) is 0 Å². The molecule has 1 saturated heterocycles. The van der Waals surface area contributed by atoms with E-state index in [2.05, 4.69) is 0 Å². The first kappa shape index (κ1) is 23.4. The third-order valence-electron chi connectivity index (χ3n) is 5.39.